The van der Waals surface area contributed by atoms with Crippen molar-refractivity contribution in [1.29, 1.82) is 0 Å². The van der Waals surface area contributed by atoms with Gasteiger partial charge in [0.2, 0.25) is 0 Å². The number of hydrogen-bond acceptors (Lipinski definition) is 3. The van der Waals surface area contributed by atoms with Crippen LogP contribution in [0.4, 0.5) is 0 Å². The zero-order valence-electron chi connectivity index (χ0n) is 7.82. The molecular weight excluding hydrogens is 239 g/mol. The molecule has 0 bridgehead atoms. The molecule has 1 aromatic rings. The van der Waals surface area contributed by atoms with Crippen molar-refractivity contribution < 1.29 is 14.6 Å². The van der Waals surface area contributed by atoms with Crippen molar-refractivity contribution in [2.75, 3.05) is 12.5 Å². The van der Waals surface area contributed by atoms with Gasteiger partial charge in [-0.2, -0.15) is 0 Å². The third-order valence-electron chi connectivity index (χ3n) is 2.17. The lowest BCUT2D eigenvalue weighted by Gasteiger charge is -2.11. The van der Waals surface area contributed by atoms with Gasteiger partial charge < -0.3 is 14.6 Å². The van der Waals surface area contributed by atoms with Crippen LogP contribution >= 0.6 is 23.2 Å². The van der Waals surface area contributed by atoms with Crippen LogP contribution in [-0.4, -0.2) is 23.7 Å². The minimum Gasteiger partial charge on any atom is -0.506 e. The Morgan fingerprint density at radius 1 is 1.47 bits per heavy atom. The molecule has 2 rings (SSSR count). The molecule has 5 heteroatoms. The minimum atomic E-state index is -0.438. The van der Waals surface area contributed by atoms with E-state index >= 15 is 0 Å². The molecular formula is C10H10Cl2O3. The fourth-order valence-corrected chi connectivity index (χ4v) is 1.72. The largest absolute Gasteiger partial charge is 0.506 e. The van der Waals surface area contributed by atoms with Crippen molar-refractivity contribution >= 4 is 23.2 Å². The van der Waals surface area contributed by atoms with E-state index in [1.807, 2.05) is 0 Å². The van der Waals surface area contributed by atoms with Crippen LogP contribution in [0.25, 0.3) is 0 Å². The molecule has 1 fully saturated rings. The summed E-state index contributed by atoms with van der Waals surface area (Å²) < 4.78 is 10.9. The van der Waals surface area contributed by atoms with E-state index in [1.165, 1.54) is 6.07 Å². The lowest BCUT2D eigenvalue weighted by molar-refractivity contribution is -0.0567. The van der Waals surface area contributed by atoms with Crippen LogP contribution in [0.5, 0.6) is 5.75 Å². The number of ether oxygens (including phenoxy) is 2. The van der Waals surface area contributed by atoms with E-state index in [-0.39, 0.29) is 16.9 Å². The Labute approximate surface area is 97.5 Å². The van der Waals surface area contributed by atoms with E-state index in [9.17, 15) is 5.11 Å². The van der Waals surface area contributed by atoms with Crippen molar-refractivity contribution in [1.82, 2.24) is 0 Å². The molecule has 0 spiro atoms. The number of rotatable bonds is 2. The molecule has 0 radical (unpaired) electrons. The molecule has 0 aliphatic carbocycles. The van der Waals surface area contributed by atoms with E-state index in [0.29, 0.717) is 12.5 Å². The van der Waals surface area contributed by atoms with Gasteiger partial charge in [-0.25, -0.2) is 0 Å². The van der Waals surface area contributed by atoms with E-state index in [1.54, 1.807) is 12.1 Å². The standard InChI is InChI=1S/C10H10Cl2O3/c11-4-7-5-14-10(15-7)6-1-2-9(13)8(12)3-6/h1-3,7,10,13H,4-5H2. The van der Waals surface area contributed by atoms with Gasteiger partial charge in [0.15, 0.2) is 6.29 Å². The van der Waals surface area contributed by atoms with Gasteiger partial charge in [0.25, 0.3) is 0 Å². The Bertz CT molecular complexity index is 357. The highest BCUT2D eigenvalue weighted by Gasteiger charge is 2.26. The Balaban J connectivity index is 2.13. The van der Waals surface area contributed by atoms with Crippen LogP contribution in [0.3, 0.4) is 0 Å². The Kier molecular flexibility index (Phi) is 3.36. The second-order valence-electron chi connectivity index (χ2n) is 3.29. The summed E-state index contributed by atoms with van der Waals surface area (Å²) in [6, 6.07) is 4.85. The monoisotopic (exact) mass is 248 g/mol. The van der Waals surface area contributed by atoms with E-state index in [0.717, 1.165) is 5.56 Å². The summed E-state index contributed by atoms with van der Waals surface area (Å²) in [4.78, 5) is 0. The fourth-order valence-electron chi connectivity index (χ4n) is 1.37. The second-order valence-corrected chi connectivity index (χ2v) is 4.00. The number of halogens is 2. The molecule has 82 valence electrons. The van der Waals surface area contributed by atoms with Crippen molar-refractivity contribution in [3.63, 3.8) is 0 Å². The number of alkyl halides is 1. The first kappa shape index (κ1) is 11.0. The lowest BCUT2D eigenvalue weighted by Crippen LogP contribution is -2.10. The number of aromatic hydroxyl groups is 1. The molecule has 0 amide bonds. The number of phenols is 1. The van der Waals surface area contributed by atoms with E-state index in [2.05, 4.69) is 0 Å². The van der Waals surface area contributed by atoms with Gasteiger partial charge in [0, 0.05) is 5.56 Å². The summed E-state index contributed by atoms with van der Waals surface area (Å²) in [7, 11) is 0. The molecule has 0 saturated carbocycles. The number of hydrogen-bond donors (Lipinski definition) is 1. The van der Waals surface area contributed by atoms with Gasteiger partial charge in [0.05, 0.1) is 23.6 Å². The molecule has 1 aromatic carbocycles. The van der Waals surface area contributed by atoms with Crippen molar-refractivity contribution in [2.24, 2.45) is 0 Å². The Hall–Kier alpha value is -0.480. The molecule has 15 heavy (non-hydrogen) atoms. The Morgan fingerprint density at radius 2 is 2.27 bits per heavy atom. The smallest absolute Gasteiger partial charge is 0.184 e. The zero-order valence-corrected chi connectivity index (χ0v) is 9.33. The van der Waals surface area contributed by atoms with E-state index in [4.69, 9.17) is 32.7 Å². The third kappa shape index (κ3) is 2.37. The highest BCUT2D eigenvalue weighted by atomic mass is 35.5. The van der Waals surface area contributed by atoms with Gasteiger partial charge in [-0.3, -0.25) is 0 Å². The molecule has 3 nitrogen and oxygen atoms in total. The lowest BCUT2D eigenvalue weighted by atomic mass is 10.2. The SMILES string of the molecule is Oc1ccc(C2OCC(CCl)O2)cc1Cl. The highest BCUT2D eigenvalue weighted by molar-refractivity contribution is 6.32. The molecule has 0 aromatic heterocycles. The maximum absolute atomic E-state index is 9.25. The molecule has 1 heterocycles. The predicted molar refractivity (Wildman–Crippen MR) is 57.4 cm³/mol. The average Bonchev–Trinajstić information content (AvgIpc) is 2.70. The number of benzene rings is 1. The summed E-state index contributed by atoms with van der Waals surface area (Å²) in [6.07, 6.45) is -0.518. The Morgan fingerprint density at radius 3 is 2.87 bits per heavy atom. The quantitative estimate of drug-likeness (QED) is 0.819. The van der Waals surface area contributed by atoms with Gasteiger partial charge in [-0.1, -0.05) is 17.7 Å². The summed E-state index contributed by atoms with van der Waals surface area (Å²) in [5, 5.41) is 9.54. The molecule has 2 atom stereocenters. The maximum Gasteiger partial charge on any atom is 0.184 e. The minimum absolute atomic E-state index is 0.0484. The van der Waals surface area contributed by atoms with Gasteiger partial charge in [-0.05, 0) is 12.1 Å². The van der Waals surface area contributed by atoms with Crippen LogP contribution in [0.15, 0.2) is 18.2 Å². The van der Waals surface area contributed by atoms with Gasteiger partial charge >= 0.3 is 0 Å². The first-order chi connectivity index (χ1) is 7.20. The molecule has 1 N–H and O–H groups in total. The summed E-state index contributed by atoms with van der Waals surface area (Å²) in [5.74, 6) is 0.454. The summed E-state index contributed by atoms with van der Waals surface area (Å²) in [6.45, 7) is 0.479. The highest BCUT2D eigenvalue weighted by Crippen LogP contribution is 2.32. The third-order valence-corrected chi connectivity index (χ3v) is 2.81. The van der Waals surface area contributed by atoms with Gasteiger partial charge in [0.1, 0.15) is 5.75 Å². The fraction of sp³-hybridized carbons (Fsp3) is 0.400. The first-order valence-electron chi connectivity index (χ1n) is 4.52. The van der Waals surface area contributed by atoms with Crippen molar-refractivity contribution in [3.8, 4) is 5.75 Å². The van der Waals surface area contributed by atoms with Gasteiger partial charge in [-0.15, -0.1) is 11.6 Å². The normalized spacial score (nSPS) is 25.7. The molecule has 2 unspecified atom stereocenters. The van der Waals surface area contributed by atoms with Crippen LogP contribution in [-0.2, 0) is 9.47 Å². The van der Waals surface area contributed by atoms with Crippen LogP contribution in [0.2, 0.25) is 5.02 Å². The van der Waals surface area contributed by atoms with Crippen LogP contribution in [0, 0.1) is 0 Å². The zero-order chi connectivity index (χ0) is 10.8. The number of phenolic OH excluding ortho intramolecular Hbond substituents is 1. The summed E-state index contributed by atoms with van der Waals surface area (Å²) in [5.41, 5.74) is 0.783. The average molecular weight is 249 g/mol. The summed E-state index contributed by atoms with van der Waals surface area (Å²) >= 11 is 11.4. The van der Waals surface area contributed by atoms with Crippen LogP contribution in [0.1, 0.15) is 11.9 Å². The molecule has 1 saturated heterocycles. The molecule has 1 aliphatic heterocycles. The van der Waals surface area contributed by atoms with E-state index < -0.39 is 6.29 Å². The van der Waals surface area contributed by atoms with Crippen LogP contribution < -0.4 is 0 Å². The topological polar surface area (TPSA) is 38.7 Å². The molecule has 1 aliphatic rings. The van der Waals surface area contributed by atoms with Crippen molar-refractivity contribution in [3.05, 3.63) is 28.8 Å². The predicted octanol–water partition coefficient (Wildman–Crippen LogP) is 2.70. The second kappa shape index (κ2) is 4.58. The maximum atomic E-state index is 9.25. The first-order valence-corrected chi connectivity index (χ1v) is 5.43. The van der Waals surface area contributed by atoms with Crippen molar-refractivity contribution in [2.45, 2.75) is 12.4 Å².